The highest BCUT2D eigenvalue weighted by atomic mass is 32.2. The molecular formula is C29H28N4O2S2. The fraction of sp³-hybridized carbons (Fsp3) is 0.207. The van der Waals surface area contributed by atoms with Crippen LogP contribution in [0.1, 0.15) is 34.4 Å². The molecule has 0 aliphatic carbocycles. The number of rotatable bonds is 7. The van der Waals surface area contributed by atoms with E-state index in [1.54, 1.807) is 0 Å². The van der Waals surface area contributed by atoms with Gasteiger partial charge in [-0.1, -0.05) is 53.7 Å². The average Bonchev–Trinajstić information content (AvgIpc) is 3.40. The summed E-state index contributed by atoms with van der Waals surface area (Å²) in [6.07, 6.45) is 0. The van der Waals surface area contributed by atoms with Gasteiger partial charge in [0.1, 0.15) is 0 Å². The normalized spacial score (nSPS) is 15.2. The summed E-state index contributed by atoms with van der Waals surface area (Å²) < 4.78 is 0. The van der Waals surface area contributed by atoms with E-state index in [-0.39, 0.29) is 17.6 Å². The first-order chi connectivity index (χ1) is 17.8. The summed E-state index contributed by atoms with van der Waals surface area (Å²) >= 11 is 2.76. The molecule has 2 aromatic carbocycles. The lowest BCUT2D eigenvalue weighted by Crippen LogP contribution is -2.31. The first-order valence-corrected chi connectivity index (χ1v) is 13.7. The number of nitrogens with one attached hydrogen (secondary N) is 3. The van der Waals surface area contributed by atoms with E-state index < -0.39 is 5.92 Å². The van der Waals surface area contributed by atoms with Gasteiger partial charge in [-0.15, -0.1) is 11.3 Å². The number of nitriles is 1. The van der Waals surface area contributed by atoms with Gasteiger partial charge in [-0.05, 0) is 62.4 Å². The van der Waals surface area contributed by atoms with Crippen LogP contribution >= 0.6 is 23.1 Å². The molecule has 6 nitrogen and oxygen atoms in total. The molecule has 8 heteroatoms. The van der Waals surface area contributed by atoms with Crippen molar-refractivity contribution in [2.24, 2.45) is 0 Å². The zero-order chi connectivity index (χ0) is 26.5. The van der Waals surface area contributed by atoms with E-state index in [9.17, 15) is 14.9 Å². The van der Waals surface area contributed by atoms with Gasteiger partial charge in [-0.3, -0.25) is 9.59 Å². The third-order valence-electron chi connectivity index (χ3n) is 6.12. The topological polar surface area (TPSA) is 94.0 Å². The van der Waals surface area contributed by atoms with Gasteiger partial charge < -0.3 is 16.0 Å². The number of para-hydroxylation sites is 1. The number of carbonyl (C=O) groups is 2. The van der Waals surface area contributed by atoms with E-state index in [4.69, 9.17) is 0 Å². The molecular weight excluding hydrogens is 500 g/mol. The van der Waals surface area contributed by atoms with Crippen LogP contribution in [0.15, 0.2) is 81.8 Å². The Balaban J connectivity index is 1.59. The molecule has 3 N–H and O–H groups in total. The molecule has 2 amide bonds. The van der Waals surface area contributed by atoms with Gasteiger partial charge in [0.2, 0.25) is 5.91 Å². The lowest BCUT2D eigenvalue weighted by molar-refractivity contribution is -0.114. The van der Waals surface area contributed by atoms with Gasteiger partial charge >= 0.3 is 0 Å². The molecule has 0 saturated heterocycles. The van der Waals surface area contributed by atoms with E-state index in [2.05, 4.69) is 22.0 Å². The lowest BCUT2D eigenvalue weighted by atomic mass is 9.86. The summed E-state index contributed by atoms with van der Waals surface area (Å²) in [6.45, 7) is 7.73. The number of allylic oxidation sites excluding steroid dienone is 2. The Morgan fingerprint density at radius 1 is 1.00 bits per heavy atom. The molecule has 3 aromatic rings. The third kappa shape index (κ3) is 5.96. The zero-order valence-electron chi connectivity index (χ0n) is 21.1. The second-order valence-corrected chi connectivity index (χ2v) is 10.9. The molecule has 0 bridgehead atoms. The second-order valence-electron chi connectivity index (χ2n) is 8.89. The van der Waals surface area contributed by atoms with E-state index in [0.29, 0.717) is 21.9 Å². The van der Waals surface area contributed by atoms with Crippen molar-refractivity contribution < 1.29 is 9.59 Å². The molecule has 37 heavy (non-hydrogen) atoms. The number of hydrogen-bond acceptors (Lipinski definition) is 6. The molecule has 1 aliphatic heterocycles. The number of amides is 2. The van der Waals surface area contributed by atoms with Crippen LogP contribution < -0.4 is 16.0 Å². The van der Waals surface area contributed by atoms with Crippen LogP contribution in [-0.4, -0.2) is 17.6 Å². The Labute approximate surface area is 225 Å². The highest BCUT2D eigenvalue weighted by Crippen LogP contribution is 2.42. The summed E-state index contributed by atoms with van der Waals surface area (Å²) in [4.78, 5) is 27.2. The summed E-state index contributed by atoms with van der Waals surface area (Å²) in [6, 6.07) is 19.6. The van der Waals surface area contributed by atoms with E-state index >= 15 is 0 Å². The van der Waals surface area contributed by atoms with Crippen LogP contribution in [0.25, 0.3) is 0 Å². The highest BCUT2D eigenvalue weighted by Gasteiger charge is 2.35. The molecule has 2 heterocycles. The van der Waals surface area contributed by atoms with Crippen molar-refractivity contribution in [3.63, 3.8) is 0 Å². The van der Waals surface area contributed by atoms with Crippen molar-refractivity contribution in [1.82, 2.24) is 5.32 Å². The van der Waals surface area contributed by atoms with Gasteiger partial charge in [-0.2, -0.15) is 5.26 Å². The third-order valence-corrected chi connectivity index (χ3v) is 8.07. The number of benzene rings is 2. The predicted molar refractivity (Wildman–Crippen MR) is 152 cm³/mol. The van der Waals surface area contributed by atoms with Gasteiger partial charge in [0.05, 0.1) is 28.3 Å². The number of anilines is 2. The van der Waals surface area contributed by atoms with Crippen molar-refractivity contribution in [3.8, 4) is 6.07 Å². The number of dihydropyridines is 1. The van der Waals surface area contributed by atoms with Gasteiger partial charge in [0.25, 0.3) is 5.91 Å². The molecule has 0 spiro atoms. The average molecular weight is 529 g/mol. The Bertz CT molecular complexity index is 1450. The quantitative estimate of drug-likeness (QED) is 0.331. The number of carbonyl (C=O) groups excluding carboxylic acids is 2. The van der Waals surface area contributed by atoms with Crippen LogP contribution in [0.2, 0.25) is 0 Å². The van der Waals surface area contributed by atoms with Crippen molar-refractivity contribution >= 4 is 46.3 Å². The Morgan fingerprint density at radius 3 is 2.43 bits per heavy atom. The van der Waals surface area contributed by atoms with Crippen LogP contribution in [0.3, 0.4) is 0 Å². The van der Waals surface area contributed by atoms with E-state index in [0.717, 1.165) is 32.9 Å². The second kappa shape index (κ2) is 11.5. The largest absolute Gasteiger partial charge is 0.353 e. The maximum absolute atomic E-state index is 13.5. The summed E-state index contributed by atoms with van der Waals surface area (Å²) in [7, 11) is 0. The highest BCUT2D eigenvalue weighted by molar-refractivity contribution is 8.03. The molecule has 4 rings (SSSR count). The van der Waals surface area contributed by atoms with Crippen LogP contribution in [0, 0.1) is 32.1 Å². The molecule has 0 radical (unpaired) electrons. The van der Waals surface area contributed by atoms with Crippen molar-refractivity contribution in [1.29, 1.82) is 5.26 Å². The van der Waals surface area contributed by atoms with Crippen molar-refractivity contribution in [2.75, 3.05) is 16.4 Å². The minimum absolute atomic E-state index is 0.121. The number of thiophene rings is 1. The number of nitrogens with zero attached hydrogens (tertiary/aromatic N) is 1. The van der Waals surface area contributed by atoms with Gasteiger partial charge in [0.15, 0.2) is 0 Å². The first kappa shape index (κ1) is 26.3. The number of aryl methyl sites for hydroxylation is 3. The molecule has 0 saturated carbocycles. The molecule has 0 fully saturated rings. The molecule has 1 aliphatic rings. The smallest absolute Gasteiger partial charge is 0.254 e. The van der Waals surface area contributed by atoms with Gasteiger partial charge in [-0.25, -0.2) is 0 Å². The Kier molecular flexibility index (Phi) is 8.17. The SMILES string of the molecule is CC1=C(C(=O)Nc2ccccc2C)[C@H](c2cccs2)C(C#N)=C(SCC(=O)Nc2ccc(C)cc2C)N1. The van der Waals surface area contributed by atoms with Crippen LogP contribution in [0.4, 0.5) is 11.4 Å². The fourth-order valence-corrected chi connectivity index (χ4v) is 5.98. The first-order valence-electron chi connectivity index (χ1n) is 11.8. The monoisotopic (exact) mass is 528 g/mol. The van der Waals surface area contributed by atoms with Crippen LogP contribution in [0.5, 0.6) is 0 Å². The van der Waals surface area contributed by atoms with E-state index in [1.165, 1.54) is 23.1 Å². The molecule has 0 unspecified atom stereocenters. The van der Waals surface area contributed by atoms with Gasteiger partial charge in [0, 0.05) is 27.5 Å². The molecule has 1 atom stereocenters. The Morgan fingerprint density at radius 2 is 1.76 bits per heavy atom. The fourth-order valence-electron chi connectivity index (χ4n) is 4.25. The zero-order valence-corrected chi connectivity index (χ0v) is 22.8. The predicted octanol–water partition coefficient (Wildman–Crippen LogP) is 6.38. The molecule has 1 aromatic heterocycles. The summed E-state index contributed by atoms with van der Waals surface area (Å²) in [5.41, 5.74) is 6.14. The summed E-state index contributed by atoms with van der Waals surface area (Å²) in [5.74, 6) is -0.834. The standard InChI is InChI=1S/C29H28N4O2S2/c1-17-11-12-23(19(3)14-17)32-25(34)16-37-29-21(15-30)27(24-10-7-13-36-24)26(20(4)31-29)28(35)33-22-9-6-5-8-18(22)2/h5-14,27,31H,16H2,1-4H3,(H,32,34)(H,33,35)/t27-/m0/s1. The number of hydrogen-bond donors (Lipinski definition) is 3. The van der Waals surface area contributed by atoms with Crippen LogP contribution in [-0.2, 0) is 9.59 Å². The maximum Gasteiger partial charge on any atom is 0.254 e. The minimum atomic E-state index is -0.528. The Hall–Kier alpha value is -3.80. The van der Waals surface area contributed by atoms with Crippen molar-refractivity contribution in [2.45, 2.75) is 33.6 Å². The number of thioether (sulfide) groups is 1. The van der Waals surface area contributed by atoms with Crippen molar-refractivity contribution in [3.05, 3.63) is 103 Å². The summed E-state index contributed by atoms with van der Waals surface area (Å²) in [5, 5.41) is 21.9. The lowest BCUT2D eigenvalue weighted by Gasteiger charge is -2.29. The maximum atomic E-state index is 13.5. The minimum Gasteiger partial charge on any atom is -0.353 e. The van der Waals surface area contributed by atoms with E-state index in [1.807, 2.05) is 87.7 Å². The molecule has 188 valence electrons.